The van der Waals surface area contributed by atoms with Gasteiger partial charge in [-0.3, -0.25) is 9.59 Å². The van der Waals surface area contributed by atoms with E-state index in [2.05, 4.69) is 77.6 Å². The van der Waals surface area contributed by atoms with Gasteiger partial charge < -0.3 is 38.0 Å². The second kappa shape index (κ2) is 16.4. The highest BCUT2D eigenvalue weighted by atomic mass is 16.5. The van der Waals surface area contributed by atoms with Gasteiger partial charge in [0.15, 0.2) is 5.70 Å². The Morgan fingerprint density at radius 1 is 0.915 bits per heavy atom. The molecule has 1 N–H and O–H groups in total. The molecule has 2 aromatic rings. The number of ether oxygens (including phenoxy) is 5. The summed E-state index contributed by atoms with van der Waals surface area (Å²) in [5, 5.41) is 2.63. The first kappa shape index (κ1) is 35.5. The van der Waals surface area contributed by atoms with Crippen LogP contribution in [0.1, 0.15) is 53.6 Å². The molecule has 1 aromatic heterocycles. The lowest BCUT2D eigenvalue weighted by Gasteiger charge is -2.39. The maximum absolute atomic E-state index is 12.8. The first-order valence-electron chi connectivity index (χ1n) is 15.8. The van der Waals surface area contributed by atoms with Gasteiger partial charge in [-0.2, -0.15) is 11.6 Å². The van der Waals surface area contributed by atoms with Crippen LogP contribution in [0.5, 0.6) is 0 Å². The first-order chi connectivity index (χ1) is 22.7. The molecular weight excluding hydrogens is 597 g/mol. The minimum Gasteiger partial charge on any atom is -0.465 e. The predicted octanol–water partition coefficient (Wildman–Crippen LogP) is 3.31. The van der Waals surface area contributed by atoms with E-state index < -0.39 is 12.4 Å². The number of methoxy groups -OCH3 is 2. The van der Waals surface area contributed by atoms with E-state index in [0.717, 1.165) is 45.1 Å². The summed E-state index contributed by atoms with van der Waals surface area (Å²) >= 11 is 0. The normalized spacial score (nSPS) is 14.4. The van der Waals surface area contributed by atoms with Gasteiger partial charge in [-0.1, -0.05) is 12.1 Å². The van der Waals surface area contributed by atoms with Gasteiger partial charge in [0.05, 0.1) is 38.6 Å². The van der Waals surface area contributed by atoms with Crippen molar-refractivity contribution in [1.82, 2.24) is 9.79 Å². The molecule has 0 bridgehead atoms. The number of allylic oxidation sites excluding steroid dienone is 2. The van der Waals surface area contributed by atoms with Gasteiger partial charge in [-0.05, 0) is 62.7 Å². The lowest BCUT2D eigenvalue weighted by atomic mass is 9.45. The average molecular weight is 642 g/mol. The lowest BCUT2D eigenvalue weighted by molar-refractivity contribution is -0.329. The average Bonchev–Trinajstić information content (AvgIpc) is 3.53. The number of rotatable bonds is 13. The predicted molar refractivity (Wildman–Crippen MR) is 182 cm³/mol. The van der Waals surface area contributed by atoms with Crippen LogP contribution < -0.4 is 5.32 Å². The van der Waals surface area contributed by atoms with Gasteiger partial charge in [0.1, 0.15) is 25.5 Å². The summed E-state index contributed by atoms with van der Waals surface area (Å²) in [5.41, 5.74) is 8.64. The van der Waals surface area contributed by atoms with E-state index in [-0.39, 0.29) is 32.3 Å². The zero-order chi connectivity index (χ0) is 34.0. The van der Waals surface area contributed by atoms with Crippen molar-refractivity contribution in [2.45, 2.75) is 34.6 Å². The largest absolute Gasteiger partial charge is 0.520 e. The standard InChI is InChI=1S/C36H44BN3O7/c1-8-47-32(41)25-38-36(42)31-13-11-30(12-14-31)33-34-26(2)23-28(4)39(34)37(15-9-17-45-21-19-43-6,16-10-18-46-22-20-44-7)40-29(5)24-27(3)35(33)40/h11-14,23-24H,8,17-22,25H2,1-7H3,(H,38,42). The molecule has 47 heavy (non-hydrogen) atoms. The summed E-state index contributed by atoms with van der Waals surface area (Å²) in [6.45, 7) is 12.5. The minimum absolute atomic E-state index is 0.190. The number of hydrogen-bond acceptors (Lipinski definition) is 7. The van der Waals surface area contributed by atoms with Gasteiger partial charge in [0.25, 0.3) is 5.91 Å². The van der Waals surface area contributed by atoms with E-state index in [1.54, 1.807) is 33.3 Å². The van der Waals surface area contributed by atoms with Crippen molar-refractivity contribution in [1.29, 1.82) is 0 Å². The number of fused-ring (bicyclic) bond motifs is 2. The van der Waals surface area contributed by atoms with Crippen LogP contribution in [0.25, 0.3) is 5.57 Å². The van der Waals surface area contributed by atoms with Gasteiger partial charge in [-0.15, -0.1) is 11.8 Å². The highest BCUT2D eigenvalue weighted by Gasteiger charge is 2.50. The van der Waals surface area contributed by atoms with E-state index in [9.17, 15) is 9.59 Å². The van der Waals surface area contributed by atoms with Crippen molar-refractivity contribution >= 4 is 29.6 Å². The molecule has 0 radical (unpaired) electrons. The third-order valence-corrected chi connectivity index (χ3v) is 8.01. The van der Waals surface area contributed by atoms with Crippen molar-refractivity contribution in [2.75, 3.05) is 67.0 Å². The van der Waals surface area contributed by atoms with Crippen molar-refractivity contribution in [2.24, 2.45) is 0 Å². The van der Waals surface area contributed by atoms with Gasteiger partial charge in [0, 0.05) is 44.0 Å². The van der Waals surface area contributed by atoms with Crippen LogP contribution >= 0.6 is 0 Å². The van der Waals surface area contributed by atoms with Crippen molar-refractivity contribution in [3.8, 4) is 23.5 Å². The van der Waals surface area contributed by atoms with Gasteiger partial charge >= 0.3 is 12.4 Å². The van der Waals surface area contributed by atoms with Crippen molar-refractivity contribution < 1.29 is 37.8 Å². The fraction of sp³-hybridized carbons (Fsp3) is 0.417. The molecule has 3 heterocycles. The number of nitrogens with one attached hydrogen (secondary N) is 1. The summed E-state index contributed by atoms with van der Waals surface area (Å²) in [5.74, 6) is 12.9. The molecule has 10 nitrogen and oxygen atoms in total. The maximum Gasteiger partial charge on any atom is 0.520 e. The number of nitrogens with zero attached hydrogens (tertiary/aromatic N) is 2. The van der Waals surface area contributed by atoms with Gasteiger partial charge in [-0.25, -0.2) is 0 Å². The van der Waals surface area contributed by atoms with Crippen molar-refractivity contribution in [3.05, 3.63) is 75.8 Å². The first-order valence-corrected chi connectivity index (χ1v) is 15.8. The Morgan fingerprint density at radius 2 is 1.53 bits per heavy atom. The van der Waals surface area contributed by atoms with Crippen LogP contribution in [-0.4, -0.2) is 100.0 Å². The molecule has 0 aliphatic carbocycles. The number of esters is 1. The second-order valence-corrected chi connectivity index (χ2v) is 11.3. The van der Waals surface area contributed by atoms with E-state index in [1.165, 1.54) is 0 Å². The molecule has 2 aliphatic rings. The Kier molecular flexibility index (Phi) is 12.4. The molecule has 0 spiro atoms. The Labute approximate surface area is 277 Å². The number of aromatic nitrogens is 1. The smallest absolute Gasteiger partial charge is 0.465 e. The number of amides is 1. The molecule has 0 atom stereocenters. The summed E-state index contributed by atoms with van der Waals surface area (Å²) in [6, 6.07) is 9.59. The van der Waals surface area contributed by atoms with Crippen LogP contribution in [0.3, 0.4) is 0 Å². The van der Waals surface area contributed by atoms with Crippen LogP contribution in [-0.2, 0) is 28.5 Å². The van der Waals surface area contributed by atoms with Crippen LogP contribution in [0.15, 0.2) is 47.7 Å². The topological polar surface area (TPSA) is 100 Å². The van der Waals surface area contributed by atoms with Crippen LogP contribution in [0.2, 0.25) is 0 Å². The zero-order valence-corrected chi connectivity index (χ0v) is 28.5. The Bertz CT molecular complexity index is 1680. The molecule has 4 rings (SSSR count). The Hall–Kier alpha value is -4.39. The fourth-order valence-electron chi connectivity index (χ4n) is 6.18. The van der Waals surface area contributed by atoms with E-state index >= 15 is 0 Å². The SMILES string of the molecule is CCOC(=O)CNC(=O)c1ccc(C2=C3C(C)=CC(C)=[N+]3[B-](C#CCOCCOC)(C#CCOCCOC)n3c(C)cc(C)c32)cc1. The summed E-state index contributed by atoms with van der Waals surface area (Å²) in [4.78, 5) is 24.6. The third kappa shape index (κ3) is 7.78. The Morgan fingerprint density at radius 3 is 2.11 bits per heavy atom. The van der Waals surface area contributed by atoms with Crippen LogP contribution in [0.4, 0.5) is 0 Å². The molecule has 0 unspecified atom stereocenters. The molecule has 0 saturated carbocycles. The number of benzene rings is 1. The van der Waals surface area contributed by atoms with Crippen molar-refractivity contribution in [3.63, 3.8) is 0 Å². The summed E-state index contributed by atoms with van der Waals surface area (Å²) in [6.07, 6.45) is 0.130. The number of carbonyl (C=O) groups excluding carboxylic acids is 2. The van der Waals surface area contributed by atoms with Gasteiger partial charge in [0.2, 0.25) is 0 Å². The number of hydrogen-bond donors (Lipinski definition) is 1. The molecule has 11 heteroatoms. The minimum atomic E-state index is -2.03. The summed E-state index contributed by atoms with van der Waals surface area (Å²) < 4.78 is 31.1. The molecule has 0 fully saturated rings. The Balaban J connectivity index is 1.84. The lowest BCUT2D eigenvalue weighted by Crippen LogP contribution is -2.57. The monoisotopic (exact) mass is 641 g/mol. The fourth-order valence-corrected chi connectivity index (χ4v) is 6.18. The number of carbonyl (C=O) groups is 2. The molecule has 1 aromatic carbocycles. The van der Waals surface area contributed by atoms with E-state index in [0.29, 0.717) is 32.0 Å². The van der Waals surface area contributed by atoms with E-state index in [4.69, 9.17) is 23.7 Å². The van der Waals surface area contributed by atoms with E-state index in [1.807, 2.05) is 12.1 Å². The highest BCUT2D eigenvalue weighted by molar-refractivity contribution is 6.87. The molecule has 0 saturated heterocycles. The highest BCUT2D eigenvalue weighted by Crippen LogP contribution is 2.43. The second-order valence-electron chi connectivity index (χ2n) is 11.3. The van der Waals surface area contributed by atoms with Crippen LogP contribution in [0, 0.1) is 37.3 Å². The molecule has 1 amide bonds. The zero-order valence-electron chi connectivity index (χ0n) is 28.5. The molecular formula is C36H44BN3O7. The number of aryl methyl sites for hydroxylation is 2. The molecule has 248 valence electrons. The summed E-state index contributed by atoms with van der Waals surface area (Å²) in [7, 11) is 3.28. The maximum atomic E-state index is 12.8. The molecule has 2 aliphatic heterocycles. The quantitative estimate of drug-likeness (QED) is 0.155. The third-order valence-electron chi connectivity index (χ3n) is 8.01.